The van der Waals surface area contributed by atoms with Gasteiger partial charge in [-0.25, -0.2) is 5.10 Å². The lowest BCUT2D eigenvalue weighted by molar-refractivity contribution is 0.00708. The van der Waals surface area contributed by atoms with E-state index in [9.17, 15) is 4.79 Å². The molecule has 0 amide bonds. The molecule has 4 rings (SSSR count). The molecule has 1 saturated heterocycles. The van der Waals surface area contributed by atoms with Crippen LogP contribution in [0.2, 0.25) is 0 Å². The van der Waals surface area contributed by atoms with Crippen molar-refractivity contribution < 1.29 is 9.47 Å². The minimum Gasteiger partial charge on any atom is -0.488 e. The molecule has 6 heteroatoms. The molecule has 1 fully saturated rings. The third kappa shape index (κ3) is 2.78. The van der Waals surface area contributed by atoms with E-state index in [0.717, 1.165) is 44.0 Å². The first-order valence-electron chi connectivity index (χ1n) is 8.37. The second kappa shape index (κ2) is 6.28. The van der Waals surface area contributed by atoms with Gasteiger partial charge in [0.25, 0.3) is 5.56 Å². The Morgan fingerprint density at radius 1 is 1.38 bits per heavy atom. The van der Waals surface area contributed by atoms with Gasteiger partial charge in [0.2, 0.25) is 0 Å². The highest BCUT2D eigenvalue weighted by Gasteiger charge is 2.26. The molecular formula is C18H21N3O3. The Morgan fingerprint density at radius 2 is 2.29 bits per heavy atom. The molecule has 1 N–H and O–H groups in total. The average molecular weight is 327 g/mol. The van der Waals surface area contributed by atoms with Crippen LogP contribution in [-0.2, 0) is 17.8 Å². The summed E-state index contributed by atoms with van der Waals surface area (Å²) in [6, 6.07) is 6.18. The van der Waals surface area contributed by atoms with Crippen LogP contribution in [0.5, 0.6) is 5.75 Å². The highest BCUT2D eigenvalue weighted by atomic mass is 16.5. The third-order valence-electron chi connectivity index (χ3n) is 4.77. The minimum atomic E-state index is -0.140. The Balaban J connectivity index is 1.59. The molecule has 0 saturated carbocycles. The van der Waals surface area contributed by atoms with Gasteiger partial charge in [0.05, 0.1) is 18.5 Å². The van der Waals surface area contributed by atoms with Crippen molar-refractivity contribution >= 4 is 5.69 Å². The number of ether oxygens (including phenoxy) is 2. The van der Waals surface area contributed by atoms with Crippen molar-refractivity contribution in [2.24, 2.45) is 0 Å². The monoisotopic (exact) mass is 327 g/mol. The first-order chi connectivity index (χ1) is 11.7. The average Bonchev–Trinajstić information content (AvgIpc) is 3.03. The topological polar surface area (TPSA) is 67.5 Å². The van der Waals surface area contributed by atoms with Gasteiger partial charge >= 0.3 is 0 Å². The van der Waals surface area contributed by atoms with Crippen molar-refractivity contribution in [3.8, 4) is 5.75 Å². The molecule has 24 heavy (non-hydrogen) atoms. The summed E-state index contributed by atoms with van der Waals surface area (Å²) in [6.07, 6.45) is 3.92. The highest BCUT2D eigenvalue weighted by Crippen LogP contribution is 2.35. The summed E-state index contributed by atoms with van der Waals surface area (Å²) in [6.45, 7) is 4.81. The van der Waals surface area contributed by atoms with Crippen molar-refractivity contribution in [3.63, 3.8) is 0 Å². The standard InChI is InChI=1S/C18H21N3O3/c1-12-16(8-19-20-18(12)22)21-9-13-4-2-6-17(15(13)10-21)24-14-5-3-7-23-11-14/h2,4,6,8,14H,3,5,7,9-11H2,1H3,(H,20,22). The first kappa shape index (κ1) is 15.2. The number of nitrogens with zero attached hydrogens (tertiary/aromatic N) is 2. The number of nitrogens with one attached hydrogen (secondary N) is 1. The zero-order valence-electron chi connectivity index (χ0n) is 13.7. The zero-order valence-corrected chi connectivity index (χ0v) is 13.7. The lowest BCUT2D eigenvalue weighted by Crippen LogP contribution is -2.28. The first-order valence-corrected chi connectivity index (χ1v) is 8.37. The van der Waals surface area contributed by atoms with E-state index >= 15 is 0 Å². The van der Waals surface area contributed by atoms with Crippen LogP contribution in [0.4, 0.5) is 5.69 Å². The second-order valence-electron chi connectivity index (χ2n) is 6.42. The third-order valence-corrected chi connectivity index (χ3v) is 4.77. The Bertz CT molecular complexity index is 796. The minimum absolute atomic E-state index is 0.127. The van der Waals surface area contributed by atoms with Crippen LogP contribution in [-0.4, -0.2) is 29.5 Å². The molecule has 0 spiro atoms. The largest absolute Gasteiger partial charge is 0.488 e. The molecule has 2 aliphatic rings. The van der Waals surface area contributed by atoms with Gasteiger partial charge in [-0.05, 0) is 31.4 Å². The van der Waals surface area contributed by atoms with Gasteiger partial charge in [-0.2, -0.15) is 5.10 Å². The molecule has 1 unspecified atom stereocenters. The van der Waals surface area contributed by atoms with Crippen LogP contribution in [0, 0.1) is 6.92 Å². The van der Waals surface area contributed by atoms with E-state index < -0.39 is 0 Å². The number of H-pyrrole nitrogens is 1. The van der Waals surface area contributed by atoms with Crippen LogP contribution in [0.25, 0.3) is 0 Å². The van der Waals surface area contributed by atoms with Crippen LogP contribution in [0.15, 0.2) is 29.2 Å². The molecule has 0 radical (unpaired) electrons. The number of fused-ring (bicyclic) bond motifs is 1. The summed E-state index contributed by atoms with van der Waals surface area (Å²) in [5.41, 5.74) is 3.87. The second-order valence-corrected chi connectivity index (χ2v) is 6.42. The molecule has 3 heterocycles. The molecule has 2 aliphatic heterocycles. The van der Waals surface area contributed by atoms with Gasteiger partial charge in [0.15, 0.2) is 0 Å². The lowest BCUT2D eigenvalue weighted by atomic mass is 10.1. The van der Waals surface area contributed by atoms with Gasteiger partial charge in [-0.3, -0.25) is 4.79 Å². The molecule has 0 bridgehead atoms. The molecule has 1 aromatic carbocycles. The van der Waals surface area contributed by atoms with Crippen LogP contribution in [0.3, 0.4) is 0 Å². The van der Waals surface area contributed by atoms with E-state index in [0.29, 0.717) is 12.2 Å². The van der Waals surface area contributed by atoms with E-state index in [1.165, 1.54) is 11.1 Å². The molecule has 0 aliphatic carbocycles. The molecule has 1 atom stereocenters. The smallest absolute Gasteiger partial charge is 0.269 e. The van der Waals surface area contributed by atoms with Gasteiger partial charge in [-0.1, -0.05) is 12.1 Å². The summed E-state index contributed by atoms with van der Waals surface area (Å²) < 4.78 is 11.7. The number of aromatic nitrogens is 2. The Hall–Kier alpha value is -2.34. The molecule has 1 aromatic heterocycles. The summed E-state index contributed by atoms with van der Waals surface area (Å²) in [5, 5.41) is 6.42. The fraction of sp³-hybridized carbons (Fsp3) is 0.444. The fourth-order valence-electron chi connectivity index (χ4n) is 3.42. The Morgan fingerprint density at radius 3 is 3.12 bits per heavy atom. The van der Waals surface area contributed by atoms with Crippen molar-refractivity contribution in [1.82, 2.24) is 10.2 Å². The molecule has 126 valence electrons. The summed E-state index contributed by atoms with van der Waals surface area (Å²) in [5.74, 6) is 0.931. The SMILES string of the molecule is Cc1c(N2Cc3cccc(OC4CCCOC4)c3C2)cn[nH]c1=O. The van der Waals surface area contributed by atoms with Crippen LogP contribution >= 0.6 is 0 Å². The van der Waals surface area contributed by atoms with Crippen LogP contribution < -0.4 is 15.2 Å². The predicted octanol–water partition coefficient (Wildman–Crippen LogP) is 2.16. The molecule has 2 aromatic rings. The van der Waals surface area contributed by atoms with Crippen molar-refractivity contribution in [1.29, 1.82) is 0 Å². The van der Waals surface area contributed by atoms with Crippen LogP contribution in [0.1, 0.15) is 29.5 Å². The van der Waals surface area contributed by atoms with Crippen molar-refractivity contribution in [2.75, 3.05) is 18.1 Å². The van der Waals surface area contributed by atoms with Gasteiger partial charge in [-0.15, -0.1) is 0 Å². The maximum absolute atomic E-state index is 11.8. The summed E-state index contributed by atoms with van der Waals surface area (Å²) in [4.78, 5) is 14.0. The maximum atomic E-state index is 11.8. The number of benzene rings is 1. The van der Waals surface area contributed by atoms with E-state index in [1.54, 1.807) is 6.20 Å². The fourth-order valence-corrected chi connectivity index (χ4v) is 3.42. The summed E-state index contributed by atoms with van der Waals surface area (Å²) >= 11 is 0. The van der Waals surface area contributed by atoms with Gasteiger partial charge in [0, 0.05) is 30.8 Å². The quantitative estimate of drug-likeness (QED) is 0.936. The van der Waals surface area contributed by atoms with E-state index in [1.807, 2.05) is 19.1 Å². The van der Waals surface area contributed by atoms with E-state index in [-0.39, 0.29) is 11.7 Å². The highest BCUT2D eigenvalue weighted by molar-refractivity contribution is 5.57. The number of hydrogen-bond acceptors (Lipinski definition) is 5. The normalized spacial score (nSPS) is 20.0. The number of anilines is 1. The van der Waals surface area contributed by atoms with Gasteiger partial charge in [0.1, 0.15) is 11.9 Å². The van der Waals surface area contributed by atoms with E-state index in [2.05, 4.69) is 21.2 Å². The predicted molar refractivity (Wildman–Crippen MR) is 90.4 cm³/mol. The lowest BCUT2D eigenvalue weighted by Gasteiger charge is -2.24. The Labute approximate surface area is 140 Å². The number of hydrogen-bond donors (Lipinski definition) is 1. The summed E-state index contributed by atoms with van der Waals surface area (Å²) in [7, 11) is 0. The number of rotatable bonds is 3. The Kier molecular flexibility index (Phi) is 3.98. The molecule has 6 nitrogen and oxygen atoms in total. The number of aromatic amines is 1. The van der Waals surface area contributed by atoms with Gasteiger partial charge < -0.3 is 14.4 Å². The zero-order chi connectivity index (χ0) is 16.5. The van der Waals surface area contributed by atoms with E-state index in [4.69, 9.17) is 9.47 Å². The maximum Gasteiger partial charge on any atom is 0.269 e. The van der Waals surface area contributed by atoms with Crippen molar-refractivity contribution in [3.05, 3.63) is 51.4 Å². The van der Waals surface area contributed by atoms with Crippen molar-refractivity contribution in [2.45, 2.75) is 39.0 Å². The molecular weight excluding hydrogens is 306 g/mol.